The molecule has 2 aliphatic rings. The Kier molecular flexibility index (Phi) is 5.05. The van der Waals surface area contributed by atoms with Crippen molar-refractivity contribution in [2.24, 2.45) is 0 Å². The highest BCUT2D eigenvalue weighted by Gasteiger charge is 2.29. The number of aromatic nitrogens is 3. The van der Waals surface area contributed by atoms with Crippen molar-refractivity contribution in [3.63, 3.8) is 0 Å². The second-order valence-corrected chi connectivity index (χ2v) is 8.09. The van der Waals surface area contributed by atoms with Gasteiger partial charge in [-0.1, -0.05) is 5.16 Å². The largest absolute Gasteiger partial charge is 0.351 e. The van der Waals surface area contributed by atoms with Gasteiger partial charge in [0.1, 0.15) is 5.82 Å². The molecule has 1 saturated heterocycles. The SMILES string of the molecule is Cc1cc(C(=O)N2CCC(c3nc4c(c(=O)[nH]3)CCN(C(C)C)C4)CC2)on1. The Bertz CT molecular complexity index is 924. The molecule has 8 heteroatoms. The number of likely N-dealkylation sites (tertiary alicyclic amines) is 1. The van der Waals surface area contributed by atoms with Gasteiger partial charge in [0.05, 0.1) is 11.4 Å². The average molecular weight is 385 g/mol. The van der Waals surface area contributed by atoms with Gasteiger partial charge in [0.2, 0.25) is 5.76 Å². The van der Waals surface area contributed by atoms with Crippen LogP contribution in [0, 0.1) is 6.92 Å². The molecule has 2 aromatic rings. The van der Waals surface area contributed by atoms with E-state index in [2.05, 4.69) is 28.9 Å². The minimum atomic E-state index is -0.126. The first-order valence-corrected chi connectivity index (χ1v) is 10.0. The highest BCUT2D eigenvalue weighted by molar-refractivity contribution is 5.91. The van der Waals surface area contributed by atoms with Gasteiger partial charge >= 0.3 is 0 Å². The topological polar surface area (TPSA) is 95.3 Å². The van der Waals surface area contributed by atoms with Crippen LogP contribution < -0.4 is 5.56 Å². The molecule has 150 valence electrons. The number of fused-ring (bicyclic) bond motifs is 1. The van der Waals surface area contributed by atoms with E-state index in [-0.39, 0.29) is 23.1 Å². The smallest absolute Gasteiger partial charge is 0.292 e. The molecule has 2 aromatic heterocycles. The lowest BCUT2D eigenvalue weighted by Gasteiger charge is -2.33. The van der Waals surface area contributed by atoms with Gasteiger partial charge in [0.25, 0.3) is 11.5 Å². The molecule has 1 amide bonds. The Morgan fingerprint density at radius 1 is 1.29 bits per heavy atom. The molecule has 0 unspecified atom stereocenters. The maximum atomic E-state index is 12.6. The van der Waals surface area contributed by atoms with Crippen molar-refractivity contribution < 1.29 is 9.32 Å². The van der Waals surface area contributed by atoms with E-state index >= 15 is 0 Å². The van der Waals surface area contributed by atoms with Crippen LogP contribution in [0.25, 0.3) is 0 Å². The van der Waals surface area contributed by atoms with Crippen molar-refractivity contribution in [3.8, 4) is 0 Å². The second-order valence-electron chi connectivity index (χ2n) is 8.09. The zero-order chi connectivity index (χ0) is 19.8. The first-order valence-electron chi connectivity index (χ1n) is 10.0. The summed E-state index contributed by atoms with van der Waals surface area (Å²) in [6, 6.07) is 2.10. The molecular weight excluding hydrogens is 358 g/mol. The van der Waals surface area contributed by atoms with Crippen LogP contribution in [0.3, 0.4) is 0 Å². The highest BCUT2D eigenvalue weighted by Crippen LogP contribution is 2.27. The summed E-state index contributed by atoms with van der Waals surface area (Å²) in [6.45, 7) is 8.99. The molecule has 0 aliphatic carbocycles. The molecule has 0 bridgehead atoms. The van der Waals surface area contributed by atoms with Crippen molar-refractivity contribution in [1.29, 1.82) is 0 Å². The van der Waals surface area contributed by atoms with Crippen molar-refractivity contribution in [3.05, 3.63) is 45.0 Å². The van der Waals surface area contributed by atoms with E-state index in [4.69, 9.17) is 9.51 Å². The van der Waals surface area contributed by atoms with Crippen LogP contribution in [0.15, 0.2) is 15.4 Å². The fraction of sp³-hybridized carbons (Fsp3) is 0.600. The van der Waals surface area contributed by atoms with E-state index < -0.39 is 0 Å². The minimum absolute atomic E-state index is 0.000882. The number of amides is 1. The number of aryl methyl sites for hydroxylation is 1. The van der Waals surface area contributed by atoms with E-state index in [1.54, 1.807) is 17.9 Å². The number of carbonyl (C=O) groups excluding carboxylic acids is 1. The van der Waals surface area contributed by atoms with Crippen molar-refractivity contribution in [2.75, 3.05) is 19.6 Å². The third-order valence-electron chi connectivity index (χ3n) is 5.86. The summed E-state index contributed by atoms with van der Waals surface area (Å²) in [5.74, 6) is 1.08. The molecule has 0 spiro atoms. The Balaban J connectivity index is 1.46. The molecule has 0 aromatic carbocycles. The molecule has 2 aliphatic heterocycles. The fourth-order valence-electron chi connectivity index (χ4n) is 4.09. The number of H-pyrrole nitrogens is 1. The molecule has 8 nitrogen and oxygen atoms in total. The monoisotopic (exact) mass is 385 g/mol. The summed E-state index contributed by atoms with van der Waals surface area (Å²) in [5, 5.41) is 3.79. The van der Waals surface area contributed by atoms with Crippen LogP contribution in [0.5, 0.6) is 0 Å². The standard InChI is InChI=1S/C20H27N5O3/c1-12(2)25-9-6-15-16(11-25)21-18(22-19(15)26)14-4-7-24(8-5-14)20(27)17-10-13(3)23-28-17/h10,12,14H,4-9,11H2,1-3H3,(H,21,22,26). The highest BCUT2D eigenvalue weighted by atomic mass is 16.5. The number of carbonyl (C=O) groups is 1. The van der Waals surface area contributed by atoms with E-state index in [1.807, 2.05) is 0 Å². The van der Waals surface area contributed by atoms with Crippen molar-refractivity contribution in [1.82, 2.24) is 24.9 Å². The summed E-state index contributed by atoms with van der Waals surface area (Å²) in [5.41, 5.74) is 2.44. The molecule has 1 N–H and O–H groups in total. The lowest BCUT2D eigenvalue weighted by molar-refractivity contribution is 0.0668. The van der Waals surface area contributed by atoms with Crippen LogP contribution in [-0.4, -0.2) is 56.5 Å². The summed E-state index contributed by atoms with van der Waals surface area (Å²) >= 11 is 0. The average Bonchev–Trinajstić information content (AvgIpc) is 3.13. The summed E-state index contributed by atoms with van der Waals surface area (Å²) in [4.78, 5) is 37.1. The van der Waals surface area contributed by atoms with Gasteiger partial charge in [0.15, 0.2) is 0 Å². The molecule has 28 heavy (non-hydrogen) atoms. The Hall–Kier alpha value is -2.48. The maximum Gasteiger partial charge on any atom is 0.292 e. The van der Waals surface area contributed by atoms with E-state index in [0.29, 0.717) is 24.8 Å². The van der Waals surface area contributed by atoms with Gasteiger partial charge in [-0.05, 0) is 40.0 Å². The minimum Gasteiger partial charge on any atom is -0.351 e. The predicted octanol–water partition coefficient (Wildman–Crippen LogP) is 1.85. The van der Waals surface area contributed by atoms with E-state index in [1.165, 1.54) is 0 Å². The number of nitrogens with one attached hydrogen (secondary N) is 1. The number of piperidine rings is 1. The van der Waals surface area contributed by atoms with Gasteiger partial charge in [-0.15, -0.1) is 0 Å². The zero-order valence-electron chi connectivity index (χ0n) is 16.7. The summed E-state index contributed by atoms with van der Waals surface area (Å²) < 4.78 is 5.09. The summed E-state index contributed by atoms with van der Waals surface area (Å²) in [6.07, 6.45) is 2.29. The van der Waals surface area contributed by atoms with Crippen LogP contribution in [-0.2, 0) is 13.0 Å². The number of hydrogen-bond donors (Lipinski definition) is 1. The number of rotatable bonds is 3. The van der Waals surface area contributed by atoms with Crippen LogP contribution in [0.2, 0.25) is 0 Å². The maximum absolute atomic E-state index is 12.6. The van der Waals surface area contributed by atoms with Crippen LogP contribution >= 0.6 is 0 Å². The van der Waals surface area contributed by atoms with Gasteiger partial charge in [-0.25, -0.2) is 4.98 Å². The first-order chi connectivity index (χ1) is 13.4. The fourth-order valence-corrected chi connectivity index (χ4v) is 4.09. The van der Waals surface area contributed by atoms with Gasteiger partial charge in [-0.2, -0.15) is 0 Å². The van der Waals surface area contributed by atoms with Gasteiger partial charge < -0.3 is 14.4 Å². The van der Waals surface area contributed by atoms with Gasteiger partial charge in [-0.3, -0.25) is 14.5 Å². The molecule has 0 radical (unpaired) electrons. The number of aromatic amines is 1. The molecule has 1 fully saturated rings. The first kappa shape index (κ1) is 18.9. The third-order valence-corrected chi connectivity index (χ3v) is 5.86. The quantitative estimate of drug-likeness (QED) is 0.866. The Labute approximate surface area is 163 Å². The lowest BCUT2D eigenvalue weighted by atomic mass is 9.95. The van der Waals surface area contributed by atoms with Crippen LogP contribution in [0.4, 0.5) is 0 Å². The summed E-state index contributed by atoms with van der Waals surface area (Å²) in [7, 11) is 0. The van der Waals surface area contributed by atoms with E-state index in [9.17, 15) is 9.59 Å². The van der Waals surface area contributed by atoms with Gasteiger partial charge in [0, 0.05) is 49.8 Å². The number of nitrogens with zero attached hydrogens (tertiary/aromatic N) is 4. The van der Waals surface area contributed by atoms with Crippen molar-refractivity contribution >= 4 is 5.91 Å². The molecule has 4 heterocycles. The predicted molar refractivity (Wildman–Crippen MR) is 103 cm³/mol. The van der Waals surface area contributed by atoms with E-state index in [0.717, 1.165) is 49.4 Å². The molecular formula is C20H27N5O3. The molecule has 0 saturated carbocycles. The normalized spacial score (nSPS) is 18.5. The Morgan fingerprint density at radius 3 is 2.68 bits per heavy atom. The van der Waals surface area contributed by atoms with Crippen molar-refractivity contribution in [2.45, 2.75) is 58.5 Å². The lowest BCUT2D eigenvalue weighted by Crippen LogP contribution is -2.41. The van der Waals surface area contributed by atoms with Crippen LogP contribution in [0.1, 0.15) is 65.9 Å². The Morgan fingerprint density at radius 2 is 2.04 bits per heavy atom. The zero-order valence-corrected chi connectivity index (χ0v) is 16.7. The second kappa shape index (κ2) is 7.50. The third kappa shape index (κ3) is 3.61. The molecule has 0 atom stereocenters. The number of hydrogen-bond acceptors (Lipinski definition) is 6. The molecule has 4 rings (SSSR count).